The highest BCUT2D eigenvalue weighted by molar-refractivity contribution is 7.89. The van der Waals surface area contributed by atoms with E-state index >= 15 is 0 Å². The molecular formula is C14H16N2O2S. The number of sulfonamides is 1. The smallest absolute Gasteiger partial charge is 0.243 e. The fraction of sp³-hybridized carbons (Fsp3) is 0.214. The van der Waals surface area contributed by atoms with Gasteiger partial charge in [-0.25, -0.2) is 8.42 Å². The summed E-state index contributed by atoms with van der Waals surface area (Å²) in [7, 11) is -3.44. The van der Waals surface area contributed by atoms with Crippen molar-refractivity contribution in [3.63, 3.8) is 0 Å². The Morgan fingerprint density at radius 2 is 1.68 bits per heavy atom. The first-order valence-corrected chi connectivity index (χ1v) is 7.52. The van der Waals surface area contributed by atoms with E-state index in [1.54, 1.807) is 42.7 Å². The quantitative estimate of drug-likeness (QED) is 0.842. The van der Waals surface area contributed by atoms with Crippen LogP contribution in [0.25, 0.3) is 0 Å². The van der Waals surface area contributed by atoms with E-state index in [0.29, 0.717) is 18.0 Å². The van der Waals surface area contributed by atoms with Crippen molar-refractivity contribution in [3.8, 4) is 0 Å². The molecule has 1 heterocycles. The van der Waals surface area contributed by atoms with Crippen molar-refractivity contribution in [1.82, 2.24) is 9.29 Å². The molecule has 1 aromatic heterocycles. The van der Waals surface area contributed by atoms with Gasteiger partial charge in [0.15, 0.2) is 0 Å². The average molecular weight is 276 g/mol. The predicted molar refractivity (Wildman–Crippen MR) is 73.9 cm³/mol. The van der Waals surface area contributed by atoms with E-state index in [4.69, 9.17) is 0 Å². The summed E-state index contributed by atoms with van der Waals surface area (Å²) in [6.45, 7) is 2.62. The Labute approximate surface area is 113 Å². The summed E-state index contributed by atoms with van der Waals surface area (Å²) in [6.07, 6.45) is 3.33. The number of aromatic nitrogens is 1. The van der Waals surface area contributed by atoms with Crippen LogP contribution in [-0.4, -0.2) is 24.3 Å². The number of hydrogen-bond donors (Lipinski definition) is 0. The van der Waals surface area contributed by atoms with Crippen LogP contribution in [0.15, 0.2) is 59.8 Å². The molecular weight excluding hydrogens is 260 g/mol. The standard InChI is InChI=1S/C14H16N2O2S/c1-2-16(12-13-8-10-15-11-9-13)19(17,18)14-6-4-3-5-7-14/h3-11H,2,12H2,1H3. The van der Waals surface area contributed by atoms with Crippen molar-refractivity contribution in [2.75, 3.05) is 6.54 Å². The van der Waals surface area contributed by atoms with Crippen molar-refractivity contribution in [2.45, 2.75) is 18.4 Å². The number of pyridine rings is 1. The maximum Gasteiger partial charge on any atom is 0.243 e. The minimum atomic E-state index is -3.44. The second-order valence-electron chi connectivity index (χ2n) is 4.10. The van der Waals surface area contributed by atoms with Gasteiger partial charge in [-0.15, -0.1) is 0 Å². The molecule has 5 heteroatoms. The zero-order valence-corrected chi connectivity index (χ0v) is 11.5. The number of rotatable bonds is 5. The lowest BCUT2D eigenvalue weighted by atomic mass is 10.3. The summed E-state index contributed by atoms with van der Waals surface area (Å²) in [5, 5.41) is 0. The van der Waals surface area contributed by atoms with Crippen LogP contribution in [0.5, 0.6) is 0 Å². The summed E-state index contributed by atoms with van der Waals surface area (Å²) in [5.41, 5.74) is 0.927. The van der Waals surface area contributed by atoms with Gasteiger partial charge in [-0.05, 0) is 29.8 Å². The molecule has 1 aromatic carbocycles. The average Bonchev–Trinajstić information content (AvgIpc) is 2.46. The second-order valence-corrected chi connectivity index (χ2v) is 6.04. The van der Waals surface area contributed by atoms with Gasteiger partial charge in [0.1, 0.15) is 0 Å². The second kappa shape index (κ2) is 5.95. The minimum Gasteiger partial charge on any atom is -0.265 e. The fourth-order valence-electron chi connectivity index (χ4n) is 1.80. The number of benzene rings is 1. The van der Waals surface area contributed by atoms with E-state index in [1.807, 2.05) is 19.1 Å². The van der Waals surface area contributed by atoms with Gasteiger partial charge in [-0.2, -0.15) is 4.31 Å². The molecule has 0 N–H and O–H groups in total. The molecule has 0 bridgehead atoms. The highest BCUT2D eigenvalue weighted by atomic mass is 32.2. The first-order chi connectivity index (χ1) is 9.14. The molecule has 0 aliphatic heterocycles. The Morgan fingerprint density at radius 3 is 2.26 bits per heavy atom. The Hall–Kier alpha value is -1.72. The maximum absolute atomic E-state index is 12.5. The van der Waals surface area contributed by atoms with E-state index < -0.39 is 10.0 Å². The molecule has 0 spiro atoms. The molecule has 0 atom stereocenters. The Morgan fingerprint density at radius 1 is 1.05 bits per heavy atom. The van der Waals surface area contributed by atoms with E-state index in [2.05, 4.69) is 4.98 Å². The zero-order valence-electron chi connectivity index (χ0n) is 10.7. The lowest BCUT2D eigenvalue weighted by Crippen LogP contribution is -2.30. The van der Waals surface area contributed by atoms with Crippen LogP contribution in [0.1, 0.15) is 12.5 Å². The number of hydrogen-bond acceptors (Lipinski definition) is 3. The van der Waals surface area contributed by atoms with Gasteiger partial charge in [0, 0.05) is 25.5 Å². The molecule has 0 unspecified atom stereocenters. The van der Waals surface area contributed by atoms with Crippen LogP contribution in [0, 0.1) is 0 Å². The molecule has 0 amide bonds. The lowest BCUT2D eigenvalue weighted by Gasteiger charge is -2.20. The van der Waals surface area contributed by atoms with E-state index in [1.165, 1.54) is 4.31 Å². The van der Waals surface area contributed by atoms with Crippen molar-refractivity contribution >= 4 is 10.0 Å². The normalized spacial score (nSPS) is 11.7. The van der Waals surface area contributed by atoms with Crippen molar-refractivity contribution in [2.24, 2.45) is 0 Å². The summed E-state index contributed by atoms with van der Waals surface area (Å²) in [4.78, 5) is 4.26. The minimum absolute atomic E-state index is 0.325. The monoisotopic (exact) mass is 276 g/mol. The molecule has 0 saturated heterocycles. The van der Waals surface area contributed by atoms with Gasteiger partial charge >= 0.3 is 0 Å². The van der Waals surface area contributed by atoms with E-state index in [9.17, 15) is 8.42 Å². The molecule has 4 nitrogen and oxygen atoms in total. The van der Waals surface area contributed by atoms with Gasteiger partial charge < -0.3 is 0 Å². The third kappa shape index (κ3) is 3.19. The molecule has 0 aliphatic rings. The maximum atomic E-state index is 12.5. The van der Waals surface area contributed by atoms with Gasteiger partial charge in [-0.3, -0.25) is 4.98 Å². The topological polar surface area (TPSA) is 50.3 Å². The highest BCUT2D eigenvalue weighted by Gasteiger charge is 2.22. The fourth-order valence-corrected chi connectivity index (χ4v) is 3.26. The van der Waals surface area contributed by atoms with Gasteiger partial charge in [0.25, 0.3) is 0 Å². The molecule has 100 valence electrons. The Bertz CT molecular complexity index is 612. The molecule has 19 heavy (non-hydrogen) atoms. The van der Waals surface area contributed by atoms with Crippen molar-refractivity contribution < 1.29 is 8.42 Å². The van der Waals surface area contributed by atoms with Crippen LogP contribution < -0.4 is 0 Å². The molecule has 0 saturated carbocycles. The van der Waals surface area contributed by atoms with Crippen LogP contribution in [-0.2, 0) is 16.6 Å². The predicted octanol–water partition coefficient (Wildman–Crippen LogP) is 2.29. The molecule has 0 aliphatic carbocycles. The van der Waals surface area contributed by atoms with E-state index in [0.717, 1.165) is 5.56 Å². The summed E-state index contributed by atoms with van der Waals surface area (Å²) in [6, 6.07) is 12.1. The van der Waals surface area contributed by atoms with Crippen LogP contribution in [0.2, 0.25) is 0 Å². The third-order valence-corrected chi connectivity index (χ3v) is 4.78. The Kier molecular flexibility index (Phi) is 4.29. The van der Waals surface area contributed by atoms with Crippen LogP contribution in [0.4, 0.5) is 0 Å². The first kappa shape index (κ1) is 13.7. The Balaban J connectivity index is 2.27. The van der Waals surface area contributed by atoms with E-state index in [-0.39, 0.29) is 0 Å². The lowest BCUT2D eigenvalue weighted by molar-refractivity contribution is 0.423. The van der Waals surface area contributed by atoms with Gasteiger partial charge in [-0.1, -0.05) is 25.1 Å². The van der Waals surface area contributed by atoms with Crippen molar-refractivity contribution in [3.05, 3.63) is 60.4 Å². The molecule has 0 radical (unpaired) electrons. The third-order valence-electron chi connectivity index (χ3n) is 2.84. The largest absolute Gasteiger partial charge is 0.265 e. The summed E-state index contributed by atoms with van der Waals surface area (Å²) < 4.78 is 26.4. The van der Waals surface area contributed by atoms with Crippen molar-refractivity contribution in [1.29, 1.82) is 0 Å². The van der Waals surface area contributed by atoms with Crippen LogP contribution >= 0.6 is 0 Å². The van der Waals surface area contributed by atoms with Gasteiger partial charge in [0.05, 0.1) is 4.90 Å². The SMILES string of the molecule is CCN(Cc1ccncc1)S(=O)(=O)c1ccccc1. The zero-order chi connectivity index (χ0) is 13.7. The summed E-state index contributed by atoms with van der Waals surface area (Å²) >= 11 is 0. The first-order valence-electron chi connectivity index (χ1n) is 6.08. The summed E-state index contributed by atoms with van der Waals surface area (Å²) in [5.74, 6) is 0. The van der Waals surface area contributed by atoms with Crippen LogP contribution in [0.3, 0.4) is 0 Å². The molecule has 2 rings (SSSR count). The molecule has 0 fully saturated rings. The van der Waals surface area contributed by atoms with Gasteiger partial charge in [0.2, 0.25) is 10.0 Å². The number of nitrogens with zero attached hydrogens (tertiary/aromatic N) is 2. The highest BCUT2D eigenvalue weighted by Crippen LogP contribution is 2.17. The molecule has 2 aromatic rings.